The zero-order valence-electron chi connectivity index (χ0n) is 11.2. The summed E-state index contributed by atoms with van der Waals surface area (Å²) in [5, 5.41) is 13.5. The number of halogens is 1. The number of nitrogens with one attached hydrogen (secondary N) is 1. The van der Waals surface area contributed by atoms with E-state index in [1.54, 1.807) is 0 Å². The maximum Gasteiger partial charge on any atom is 0.339 e. The molecule has 112 valence electrons. The quantitative estimate of drug-likeness (QED) is 0.495. The van der Waals surface area contributed by atoms with Gasteiger partial charge < -0.3 is 10.1 Å². The van der Waals surface area contributed by atoms with Crippen molar-refractivity contribution in [1.82, 2.24) is 5.32 Å². The molecule has 0 aliphatic heterocycles. The van der Waals surface area contributed by atoms with E-state index in [4.69, 9.17) is 4.74 Å². The van der Waals surface area contributed by atoms with Gasteiger partial charge in [0, 0.05) is 12.1 Å². The Morgan fingerprint density at radius 2 is 2.14 bits per heavy atom. The molecule has 7 nitrogen and oxygen atoms in total. The van der Waals surface area contributed by atoms with E-state index >= 15 is 0 Å². The second-order valence-electron chi connectivity index (χ2n) is 4.75. The monoisotopic (exact) mass is 356 g/mol. The fraction of sp³-hybridized carbons (Fsp3) is 0.385. The van der Waals surface area contributed by atoms with Crippen molar-refractivity contribution >= 4 is 33.5 Å². The molecule has 0 bridgehead atoms. The van der Waals surface area contributed by atoms with Crippen LogP contribution in [0.3, 0.4) is 0 Å². The van der Waals surface area contributed by atoms with Crippen molar-refractivity contribution in [2.75, 3.05) is 0 Å². The summed E-state index contributed by atoms with van der Waals surface area (Å²) in [6.45, 7) is 1.46. The summed E-state index contributed by atoms with van der Waals surface area (Å²) in [6.07, 6.45) is 0.928. The maximum absolute atomic E-state index is 11.9. The Hall–Kier alpha value is -1.96. The van der Waals surface area contributed by atoms with Crippen LogP contribution in [-0.2, 0) is 9.53 Å². The molecule has 1 amide bonds. The van der Waals surface area contributed by atoms with Crippen LogP contribution < -0.4 is 5.32 Å². The SMILES string of the molecule is C[C@@H](OC(=O)c1ccc(Br)c([N+](=O)[O-])c1)C(=O)NC1CC1. The van der Waals surface area contributed by atoms with E-state index in [0.29, 0.717) is 0 Å². The molecule has 1 atom stereocenters. The number of ether oxygens (including phenoxy) is 1. The Morgan fingerprint density at radius 1 is 1.48 bits per heavy atom. The molecule has 0 saturated heterocycles. The molecule has 0 radical (unpaired) electrons. The third-order valence-corrected chi connectivity index (χ3v) is 3.63. The van der Waals surface area contributed by atoms with Crippen molar-refractivity contribution in [1.29, 1.82) is 0 Å². The van der Waals surface area contributed by atoms with Crippen LogP contribution in [0.1, 0.15) is 30.1 Å². The normalized spacial score (nSPS) is 15.1. The van der Waals surface area contributed by atoms with Crippen LogP contribution >= 0.6 is 15.9 Å². The number of hydrogen-bond donors (Lipinski definition) is 1. The summed E-state index contributed by atoms with van der Waals surface area (Å²) in [7, 11) is 0. The minimum Gasteiger partial charge on any atom is -0.449 e. The van der Waals surface area contributed by atoms with Crippen LogP contribution in [-0.4, -0.2) is 28.9 Å². The van der Waals surface area contributed by atoms with E-state index in [0.717, 1.165) is 18.9 Å². The molecular formula is C13H13BrN2O5. The molecule has 1 aromatic carbocycles. The van der Waals surface area contributed by atoms with Crippen LogP contribution in [0.5, 0.6) is 0 Å². The largest absolute Gasteiger partial charge is 0.449 e. The molecule has 21 heavy (non-hydrogen) atoms. The van der Waals surface area contributed by atoms with Gasteiger partial charge in [-0.15, -0.1) is 0 Å². The van der Waals surface area contributed by atoms with Gasteiger partial charge in [0.15, 0.2) is 6.10 Å². The van der Waals surface area contributed by atoms with Gasteiger partial charge in [0.25, 0.3) is 11.6 Å². The fourth-order valence-corrected chi connectivity index (χ4v) is 2.00. The Bertz CT molecular complexity index is 600. The number of nitro groups is 1. The number of esters is 1. The van der Waals surface area contributed by atoms with Gasteiger partial charge in [-0.05, 0) is 47.8 Å². The van der Waals surface area contributed by atoms with Gasteiger partial charge in [0.05, 0.1) is 15.0 Å². The van der Waals surface area contributed by atoms with Crippen LogP contribution in [0.15, 0.2) is 22.7 Å². The van der Waals surface area contributed by atoms with E-state index in [2.05, 4.69) is 21.2 Å². The average Bonchev–Trinajstić information content (AvgIpc) is 3.22. The minimum atomic E-state index is -0.944. The molecule has 1 saturated carbocycles. The summed E-state index contributed by atoms with van der Waals surface area (Å²) in [5.74, 6) is -1.14. The number of hydrogen-bond acceptors (Lipinski definition) is 5. The Labute approximate surface area is 128 Å². The lowest BCUT2D eigenvalue weighted by Gasteiger charge is -2.13. The van der Waals surface area contributed by atoms with E-state index in [1.165, 1.54) is 19.1 Å². The summed E-state index contributed by atoms with van der Waals surface area (Å²) >= 11 is 3.03. The highest BCUT2D eigenvalue weighted by molar-refractivity contribution is 9.10. The summed E-state index contributed by atoms with van der Waals surface area (Å²) in [6, 6.07) is 4.07. The minimum absolute atomic E-state index is 0.0240. The molecule has 2 rings (SSSR count). The number of carbonyl (C=O) groups excluding carboxylic acids is 2. The van der Waals surface area contributed by atoms with Gasteiger partial charge in [0.2, 0.25) is 0 Å². The third kappa shape index (κ3) is 4.01. The average molecular weight is 357 g/mol. The Balaban J connectivity index is 2.03. The number of nitro benzene ring substituents is 1. The molecule has 1 aliphatic carbocycles. The number of carbonyl (C=O) groups is 2. The topological polar surface area (TPSA) is 98.5 Å². The first-order valence-electron chi connectivity index (χ1n) is 6.34. The second kappa shape index (κ2) is 6.21. The van der Waals surface area contributed by atoms with Gasteiger partial charge in [-0.1, -0.05) is 0 Å². The first-order valence-corrected chi connectivity index (χ1v) is 7.13. The zero-order valence-corrected chi connectivity index (χ0v) is 12.8. The number of benzene rings is 1. The lowest BCUT2D eigenvalue weighted by Crippen LogP contribution is -2.37. The van der Waals surface area contributed by atoms with E-state index in [1.807, 2.05) is 0 Å². The fourth-order valence-electron chi connectivity index (χ4n) is 1.61. The number of rotatable bonds is 5. The van der Waals surface area contributed by atoms with Gasteiger partial charge >= 0.3 is 5.97 Å². The molecule has 1 aliphatic rings. The van der Waals surface area contributed by atoms with Crippen LogP contribution in [0.25, 0.3) is 0 Å². The van der Waals surface area contributed by atoms with E-state index < -0.39 is 17.0 Å². The Kier molecular flexibility index (Phi) is 4.56. The van der Waals surface area contributed by atoms with Gasteiger partial charge in [0.1, 0.15) is 0 Å². The highest BCUT2D eigenvalue weighted by atomic mass is 79.9. The molecule has 0 spiro atoms. The molecule has 0 aromatic heterocycles. The van der Waals surface area contributed by atoms with E-state index in [-0.39, 0.29) is 27.7 Å². The summed E-state index contributed by atoms with van der Waals surface area (Å²) in [5.41, 5.74) is -0.212. The molecule has 1 aromatic rings. The van der Waals surface area contributed by atoms with Crippen molar-refractivity contribution in [2.24, 2.45) is 0 Å². The molecule has 1 N–H and O–H groups in total. The van der Waals surface area contributed by atoms with Gasteiger partial charge in [-0.2, -0.15) is 0 Å². The first kappa shape index (κ1) is 15.4. The van der Waals surface area contributed by atoms with Crippen molar-refractivity contribution in [3.05, 3.63) is 38.3 Å². The number of nitrogens with zero attached hydrogens (tertiary/aromatic N) is 1. The van der Waals surface area contributed by atoms with E-state index in [9.17, 15) is 19.7 Å². The predicted octanol–water partition coefficient (Wildman–Crippen LogP) is 2.18. The van der Waals surface area contributed by atoms with Crippen molar-refractivity contribution < 1.29 is 19.2 Å². The highest BCUT2D eigenvalue weighted by Gasteiger charge is 2.27. The first-order chi connectivity index (χ1) is 9.88. The van der Waals surface area contributed by atoms with Gasteiger partial charge in [-0.25, -0.2) is 4.79 Å². The van der Waals surface area contributed by atoms with Crippen molar-refractivity contribution in [3.8, 4) is 0 Å². The number of amides is 1. The maximum atomic E-state index is 11.9. The smallest absolute Gasteiger partial charge is 0.339 e. The van der Waals surface area contributed by atoms with Crippen LogP contribution in [0.2, 0.25) is 0 Å². The second-order valence-corrected chi connectivity index (χ2v) is 5.61. The molecule has 1 fully saturated rings. The predicted molar refractivity (Wildman–Crippen MR) is 76.8 cm³/mol. The summed E-state index contributed by atoms with van der Waals surface area (Å²) in [4.78, 5) is 33.8. The lowest BCUT2D eigenvalue weighted by atomic mass is 10.2. The highest BCUT2D eigenvalue weighted by Crippen LogP contribution is 2.26. The third-order valence-electron chi connectivity index (χ3n) is 2.96. The van der Waals surface area contributed by atoms with Gasteiger partial charge in [-0.3, -0.25) is 14.9 Å². The molecule has 0 heterocycles. The van der Waals surface area contributed by atoms with Crippen LogP contribution in [0, 0.1) is 10.1 Å². The van der Waals surface area contributed by atoms with Crippen LogP contribution in [0.4, 0.5) is 5.69 Å². The van der Waals surface area contributed by atoms with Crippen molar-refractivity contribution in [3.63, 3.8) is 0 Å². The zero-order chi connectivity index (χ0) is 15.6. The molecular weight excluding hydrogens is 344 g/mol. The molecule has 0 unspecified atom stereocenters. The van der Waals surface area contributed by atoms with Crippen molar-refractivity contribution in [2.45, 2.75) is 31.9 Å². The molecule has 8 heteroatoms. The Morgan fingerprint density at radius 3 is 2.71 bits per heavy atom. The summed E-state index contributed by atoms with van der Waals surface area (Å²) < 4.78 is 5.28. The standard InChI is InChI=1S/C13H13BrN2O5/c1-7(12(17)15-9-3-4-9)21-13(18)8-2-5-10(14)11(6-8)16(19)20/h2,5-7,9H,3-4H2,1H3,(H,15,17)/t7-/m1/s1. The lowest BCUT2D eigenvalue weighted by molar-refractivity contribution is -0.385.